The normalized spacial score (nSPS) is 15.6. The zero-order valence-electron chi connectivity index (χ0n) is 11.0. The Kier molecular flexibility index (Phi) is 6.99. The number of aromatic nitrogens is 1. The molecule has 2 rings (SSSR count). The maximum absolute atomic E-state index is 10.8. The van der Waals surface area contributed by atoms with Crippen LogP contribution < -0.4 is 10.6 Å². The van der Waals surface area contributed by atoms with E-state index in [-0.39, 0.29) is 24.5 Å². The van der Waals surface area contributed by atoms with E-state index in [1.54, 1.807) is 6.07 Å². The molecule has 0 aromatic carbocycles. The Bertz CT molecular complexity index is 405. The van der Waals surface area contributed by atoms with Gasteiger partial charge in [-0.3, -0.25) is 4.98 Å². The number of nitrogens with zero attached hydrogens (tertiary/aromatic N) is 1. The fraction of sp³-hybridized carbons (Fsp3) is 0.500. The van der Waals surface area contributed by atoms with E-state index in [1.807, 2.05) is 6.07 Å². The molecule has 1 aliphatic heterocycles. The molecule has 1 fully saturated rings. The molecule has 0 spiro atoms. The summed E-state index contributed by atoms with van der Waals surface area (Å²) in [5, 5.41) is 5.92. The van der Waals surface area contributed by atoms with Gasteiger partial charge in [0.2, 0.25) is 0 Å². The van der Waals surface area contributed by atoms with Gasteiger partial charge in [-0.15, -0.1) is 0 Å². The van der Waals surface area contributed by atoms with Crippen molar-refractivity contribution in [3.63, 3.8) is 0 Å². The van der Waals surface area contributed by atoms with Crippen molar-refractivity contribution >= 4 is 11.7 Å². The largest absolute Gasteiger partial charge is 2.00 e. The Morgan fingerprint density at radius 3 is 2.95 bits per heavy atom. The third-order valence-electron chi connectivity index (χ3n) is 3.28. The molecule has 1 amide bonds. The van der Waals surface area contributed by atoms with Gasteiger partial charge in [0.15, 0.2) is 0 Å². The molecule has 0 unspecified atom stereocenters. The number of anilines is 1. The number of piperidine rings is 1. The molecule has 0 saturated carbocycles. The number of aryl methyl sites for hydroxylation is 1. The van der Waals surface area contributed by atoms with Gasteiger partial charge in [-0.05, 0) is 50.4 Å². The number of pyridine rings is 1. The summed E-state index contributed by atoms with van der Waals surface area (Å²) >= 11 is 0. The van der Waals surface area contributed by atoms with E-state index < -0.39 is 0 Å². The SMILES string of the molecule is [CH2-]C(=O)Nc1[c-]ccc(CCC2CCNCC2)n1.[V+2]. The van der Waals surface area contributed by atoms with E-state index in [0.29, 0.717) is 5.82 Å². The van der Waals surface area contributed by atoms with Crippen LogP contribution in [0.25, 0.3) is 0 Å². The van der Waals surface area contributed by atoms with Crippen LogP contribution in [0.3, 0.4) is 0 Å². The van der Waals surface area contributed by atoms with Gasteiger partial charge in [-0.1, -0.05) is 0 Å². The molecule has 1 aliphatic rings. The van der Waals surface area contributed by atoms with Crippen molar-refractivity contribution in [2.45, 2.75) is 25.7 Å². The van der Waals surface area contributed by atoms with Gasteiger partial charge in [-0.25, -0.2) is 12.1 Å². The molecule has 2 heterocycles. The third kappa shape index (κ3) is 5.68. The van der Waals surface area contributed by atoms with E-state index in [2.05, 4.69) is 28.6 Å². The summed E-state index contributed by atoms with van der Waals surface area (Å²) in [5.74, 6) is 0.912. The van der Waals surface area contributed by atoms with Crippen LogP contribution in [0.2, 0.25) is 0 Å². The maximum atomic E-state index is 10.8. The summed E-state index contributed by atoms with van der Waals surface area (Å²) in [6.07, 6.45) is 4.62. The van der Waals surface area contributed by atoms with E-state index in [0.717, 1.165) is 37.5 Å². The zero-order chi connectivity index (χ0) is 12.8. The molecule has 0 bridgehead atoms. The van der Waals surface area contributed by atoms with Crippen molar-refractivity contribution < 1.29 is 23.4 Å². The Morgan fingerprint density at radius 2 is 2.26 bits per heavy atom. The summed E-state index contributed by atoms with van der Waals surface area (Å²) in [4.78, 5) is 15.2. The van der Waals surface area contributed by atoms with Gasteiger partial charge in [0.25, 0.3) is 0 Å². The van der Waals surface area contributed by atoms with E-state index in [1.165, 1.54) is 12.8 Å². The fourth-order valence-electron chi connectivity index (χ4n) is 2.29. The molecule has 5 heteroatoms. The average molecular weight is 296 g/mol. The van der Waals surface area contributed by atoms with Crippen LogP contribution in [0.15, 0.2) is 12.1 Å². The van der Waals surface area contributed by atoms with E-state index in [9.17, 15) is 4.79 Å². The molecule has 0 aliphatic carbocycles. The Balaban J connectivity index is 0.00000180. The van der Waals surface area contributed by atoms with Crippen molar-refractivity contribution in [1.82, 2.24) is 10.3 Å². The first-order valence-corrected chi connectivity index (χ1v) is 6.45. The minimum atomic E-state index is -0.353. The standard InChI is InChI=1S/C14H19N3O.V/c1-11(18)16-14-4-2-3-13(17-14)6-5-12-7-9-15-10-8-12;/h2-3,12,15H,1,5-10H2,(H,16,17,18);/q-2;+2. The van der Waals surface area contributed by atoms with Crippen molar-refractivity contribution in [1.29, 1.82) is 0 Å². The third-order valence-corrected chi connectivity index (χ3v) is 3.28. The van der Waals surface area contributed by atoms with Crippen molar-refractivity contribution in [3.05, 3.63) is 30.8 Å². The Hall–Kier alpha value is -0.966. The number of carbonyl (C=O) groups excluding carboxylic acids is 1. The van der Waals surface area contributed by atoms with E-state index in [4.69, 9.17) is 0 Å². The molecule has 19 heavy (non-hydrogen) atoms. The summed E-state index contributed by atoms with van der Waals surface area (Å²) in [5.41, 5.74) is 1.01. The van der Waals surface area contributed by atoms with Crippen molar-refractivity contribution in [2.24, 2.45) is 5.92 Å². The van der Waals surface area contributed by atoms with Gasteiger partial charge in [0, 0.05) is 5.82 Å². The van der Waals surface area contributed by atoms with Gasteiger partial charge in [-0.2, -0.15) is 6.07 Å². The molecule has 4 nitrogen and oxygen atoms in total. The summed E-state index contributed by atoms with van der Waals surface area (Å²) in [7, 11) is 0. The van der Waals surface area contributed by atoms with Crippen molar-refractivity contribution in [3.8, 4) is 0 Å². The number of hydrogen-bond acceptors (Lipinski definition) is 3. The number of hydrogen-bond donors (Lipinski definition) is 2. The molecule has 101 valence electrons. The monoisotopic (exact) mass is 296 g/mol. The molecule has 1 aromatic rings. The first kappa shape index (κ1) is 16.1. The first-order chi connectivity index (χ1) is 8.74. The van der Waals surface area contributed by atoms with Crippen molar-refractivity contribution in [2.75, 3.05) is 18.4 Å². The molecule has 1 aromatic heterocycles. The van der Waals surface area contributed by atoms with Crippen LogP contribution >= 0.6 is 0 Å². The number of amides is 1. The van der Waals surface area contributed by atoms with Gasteiger partial charge >= 0.3 is 18.6 Å². The summed E-state index contributed by atoms with van der Waals surface area (Å²) in [6.45, 7) is 5.52. The second kappa shape index (κ2) is 8.25. The van der Waals surface area contributed by atoms with Crippen LogP contribution in [0.4, 0.5) is 5.82 Å². The number of nitrogens with one attached hydrogen (secondary N) is 2. The van der Waals surface area contributed by atoms with Gasteiger partial charge in [0.1, 0.15) is 0 Å². The Morgan fingerprint density at radius 1 is 1.53 bits per heavy atom. The molecular weight excluding hydrogens is 277 g/mol. The van der Waals surface area contributed by atoms with Gasteiger partial charge in [0.05, 0.1) is 5.91 Å². The Labute approximate surface area is 126 Å². The second-order valence-electron chi connectivity index (χ2n) is 4.71. The van der Waals surface area contributed by atoms with Crippen LogP contribution in [-0.2, 0) is 29.8 Å². The minimum absolute atomic E-state index is 0. The fourth-order valence-corrected chi connectivity index (χ4v) is 2.29. The molecule has 1 saturated heterocycles. The second-order valence-corrected chi connectivity index (χ2v) is 4.71. The average Bonchev–Trinajstić information content (AvgIpc) is 2.37. The number of carbonyl (C=O) groups is 1. The van der Waals surface area contributed by atoms with Crippen LogP contribution in [0.5, 0.6) is 0 Å². The number of rotatable bonds is 4. The molecule has 1 radical (unpaired) electrons. The first-order valence-electron chi connectivity index (χ1n) is 6.45. The zero-order valence-corrected chi connectivity index (χ0v) is 12.4. The molecule has 0 atom stereocenters. The predicted octanol–water partition coefficient (Wildman–Crippen LogP) is 1.58. The van der Waals surface area contributed by atoms with Crippen LogP contribution in [-0.4, -0.2) is 24.0 Å². The smallest absolute Gasteiger partial charge is 0.352 e. The van der Waals surface area contributed by atoms with E-state index >= 15 is 0 Å². The van der Waals surface area contributed by atoms with Crippen LogP contribution in [0.1, 0.15) is 25.0 Å². The molecule has 2 N–H and O–H groups in total. The predicted molar refractivity (Wildman–Crippen MR) is 71.0 cm³/mol. The summed E-state index contributed by atoms with van der Waals surface area (Å²) in [6, 6.07) is 6.64. The summed E-state index contributed by atoms with van der Waals surface area (Å²) < 4.78 is 0. The van der Waals surface area contributed by atoms with Gasteiger partial charge < -0.3 is 22.4 Å². The maximum Gasteiger partial charge on any atom is 2.00 e. The quantitative estimate of drug-likeness (QED) is 0.830. The minimum Gasteiger partial charge on any atom is -0.352 e. The topological polar surface area (TPSA) is 54.0 Å². The molecular formula is C14H19N3OV. The van der Waals surface area contributed by atoms with Crippen LogP contribution in [0, 0.1) is 18.9 Å².